The summed E-state index contributed by atoms with van der Waals surface area (Å²) in [4.78, 5) is 25.2. The zero-order valence-electron chi connectivity index (χ0n) is 13.4. The molecule has 0 saturated carbocycles. The van der Waals surface area contributed by atoms with Gasteiger partial charge in [-0.3, -0.25) is 9.59 Å². The molecule has 1 aromatic carbocycles. The first-order valence-corrected chi connectivity index (χ1v) is 7.53. The van der Waals surface area contributed by atoms with Crippen molar-refractivity contribution in [3.05, 3.63) is 29.3 Å². The number of carbonyl (C=O) groups excluding carboxylic acids is 1. The molecular formula is C17H23NO4. The lowest BCUT2D eigenvalue weighted by atomic mass is 9.82. The zero-order valence-corrected chi connectivity index (χ0v) is 13.4. The number of piperidine rings is 1. The van der Waals surface area contributed by atoms with Crippen molar-refractivity contribution in [1.82, 2.24) is 4.90 Å². The summed E-state index contributed by atoms with van der Waals surface area (Å²) in [5, 5.41) is 9.29. The van der Waals surface area contributed by atoms with Gasteiger partial charge in [-0.15, -0.1) is 0 Å². The van der Waals surface area contributed by atoms with Crippen molar-refractivity contribution in [1.29, 1.82) is 0 Å². The average molecular weight is 305 g/mol. The first-order valence-electron chi connectivity index (χ1n) is 7.53. The molecule has 1 heterocycles. The van der Waals surface area contributed by atoms with Gasteiger partial charge in [0.25, 0.3) is 5.91 Å². The first-order chi connectivity index (χ1) is 10.3. The Morgan fingerprint density at radius 3 is 2.68 bits per heavy atom. The van der Waals surface area contributed by atoms with Crippen LogP contribution in [0.3, 0.4) is 0 Å². The largest absolute Gasteiger partial charge is 0.484 e. The summed E-state index contributed by atoms with van der Waals surface area (Å²) in [6.45, 7) is 6.49. The van der Waals surface area contributed by atoms with Gasteiger partial charge in [0.05, 0.1) is 5.41 Å². The normalized spacial score (nSPS) is 21.5. The molecule has 1 fully saturated rings. The van der Waals surface area contributed by atoms with Gasteiger partial charge in [0.2, 0.25) is 0 Å². The van der Waals surface area contributed by atoms with Crippen LogP contribution in [0.5, 0.6) is 5.75 Å². The van der Waals surface area contributed by atoms with Gasteiger partial charge in [-0.25, -0.2) is 0 Å². The topological polar surface area (TPSA) is 66.8 Å². The molecule has 5 nitrogen and oxygen atoms in total. The molecule has 1 N–H and O–H groups in total. The van der Waals surface area contributed by atoms with Crippen LogP contribution in [-0.4, -0.2) is 41.6 Å². The van der Waals surface area contributed by atoms with Crippen LogP contribution in [0, 0.1) is 19.3 Å². The summed E-state index contributed by atoms with van der Waals surface area (Å²) in [7, 11) is 0. The molecule has 1 saturated heterocycles. The number of benzene rings is 1. The second kappa shape index (κ2) is 6.38. The first kappa shape index (κ1) is 16.3. The van der Waals surface area contributed by atoms with Crippen LogP contribution >= 0.6 is 0 Å². The van der Waals surface area contributed by atoms with E-state index in [0.717, 1.165) is 5.56 Å². The van der Waals surface area contributed by atoms with Crippen LogP contribution < -0.4 is 4.74 Å². The maximum atomic E-state index is 12.2. The Morgan fingerprint density at radius 2 is 2.05 bits per heavy atom. The van der Waals surface area contributed by atoms with Crippen LogP contribution in [0.2, 0.25) is 0 Å². The molecule has 0 aromatic heterocycles. The quantitative estimate of drug-likeness (QED) is 0.927. The molecule has 1 aliphatic heterocycles. The Hall–Kier alpha value is -2.04. The number of rotatable bonds is 4. The maximum Gasteiger partial charge on any atom is 0.311 e. The van der Waals surface area contributed by atoms with Gasteiger partial charge in [-0.1, -0.05) is 6.07 Å². The molecule has 0 spiro atoms. The Labute approximate surface area is 130 Å². The summed E-state index contributed by atoms with van der Waals surface area (Å²) >= 11 is 0. The van der Waals surface area contributed by atoms with Gasteiger partial charge < -0.3 is 14.7 Å². The van der Waals surface area contributed by atoms with E-state index in [1.807, 2.05) is 32.0 Å². The molecule has 1 aromatic rings. The molecule has 1 atom stereocenters. The van der Waals surface area contributed by atoms with Gasteiger partial charge in [0, 0.05) is 13.1 Å². The molecule has 5 heteroatoms. The minimum Gasteiger partial charge on any atom is -0.484 e. The number of carboxylic acid groups (broad SMARTS) is 1. The SMILES string of the molecule is Cc1ccc(OCC(=O)N2CCCC(C)(C(=O)O)C2)cc1C. The zero-order chi connectivity index (χ0) is 16.3. The highest BCUT2D eigenvalue weighted by atomic mass is 16.5. The van der Waals surface area contributed by atoms with Gasteiger partial charge >= 0.3 is 5.97 Å². The van der Waals surface area contributed by atoms with E-state index in [4.69, 9.17) is 4.74 Å². The number of aryl methyl sites for hydroxylation is 2. The number of carbonyl (C=O) groups is 2. The standard InChI is InChI=1S/C17H23NO4/c1-12-5-6-14(9-13(12)2)22-10-15(19)18-8-4-7-17(3,11-18)16(20)21/h5-6,9H,4,7-8,10-11H2,1-3H3,(H,20,21). The third-order valence-corrected chi connectivity index (χ3v) is 4.41. The van der Waals surface area contributed by atoms with Gasteiger partial charge in [0.15, 0.2) is 6.61 Å². The molecule has 0 radical (unpaired) electrons. The molecule has 22 heavy (non-hydrogen) atoms. The molecular weight excluding hydrogens is 282 g/mol. The van der Waals surface area contributed by atoms with E-state index in [2.05, 4.69) is 0 Å². The fourth-order valence-corrected chi connectivity index (χ4v) is 2.67. The number of amides is 1. The van der Waals surface area contributed by atoms with Crippen LogP contribution in [0.15, 0.2) is 18.2 Å². The van der Waals surface area contributed by atoms with Crippen molar-refractivity contribution in [2.75, 3.05) is 19.7 Å². The van der Waals surface area contributed by atoms with Crippen molar-refractivity contribution in [2.24, 2.45) is 5.41 Å². The Morgan fingerprint density at radius 1 is 1.32 bits per heavy atom. The molecule has 2 rings (SSSR count). The van der Waals surface area contributed by atoms with Gasteiger partial charge in [-0.2, -0.15) is 0 Å². The predicted octanol–water partition coefficient (Wildman–Crippen LogP) is 2.40. The number of hydrogen-bond acceptors (Lipinski definition) is 3. The van der Waals surface area contributed by atoms with Crippen molar-refractivity contribution < 1.29 is 19.4 Å². The van der Waals surface area contributed by atoms with Crippen LogP contribution in [0.25, 0.3) is 0 Å². The van der Waals surface area contributed by atoms with E-state index in [9.17, 15) is 14.7 Å². The lowest BCUT2D eigenvalue weighted by Gasteiger charge is -2.37. The highest BCUT2D eigenvalue weighted by Crippen LogP contribution is 2.29. The lowest BCUT2D eigenvalue weighted by molar-refractivity contribution is -0.153. The van der Waals surface area contributed by atoms with Crippen molar-refractivity contribution in [3.63, 3.8) is 0 Å². The minimum absolute atomic E-state index is 0.0573. The fourth-order valence-electron chi connectivity index (χ4n) is 2.67. The molecule has 1 unspecified atom stereocenters. The Kier molecular flexibility index (Phi) is 4.74. The van der Waals surface area contributed by atoms with Crippen molar-refractivity contribution in [3.8, 4) is 5.75 Å². The summed E-state index contributed by atoms with van der Waals surface area (Å²) in [6, 6.07) is 5.70. The summed E-state index contributed by atoms with van der Waals surface area (Å²) in [6.07, 6.45) is 1.31. The Balaban J connectivity index is 1.94. The van der Waals surface area contributed by atoms with E-state index in [1.54, 1.807) is 11.8 Å². The fraction of sp³-hybridized carbons (Fsp3) is 0.529. The van der Waals surface area contributed by atoms with Crippen LogP contribution in [0.4, 0.5) is 0 Å². The summed E-state index contributed by atoms with van der Waals surface area (Å²) < 4.78 is 5.55. The lowest BCUT2D eigenvalue weighted by Crippen LogP contribution is -2.49. The number of carboxylic acids is 1. The number of likely N-dealkylation sites (tertiary alicyclic amines) is 1. The number of hydrogen-bond donors (Lipinski definition) is 1. The second-order valence-electron chi connectivity index (χ2n) is 6.32. The van der Waals surface area contributed by atoms with Crippen molar-refractivity contribution >= 4 is 11.9 Å². The van der Waals surface area contributed by atoms with Crippen LogP contribution in [0.1, 0.15) is 30.9 Å². The van der Waals surface area contributed by atoms with E-state index in [1.165, 1.54) is 5.56 Å². The molecule has 0 bridgehead atoms. The van der Waals surface area contributed by atoms with Crippen LogP contribution in [-0.2, 0) is 9.59 Å². The predicted molar refractivity (Wildman–Crippen MR) is 83.0 cm³/mol. The minimum atomic E-state index is -0.853. The number of nitrogens with zero attached hydrogens (tertiary/aromatic N) is 1. The second-order valence-corrected chi connectivity index (χ2v) is 6.32. The Bertz CT molecular complexity index is 584. The highest BCUT2D eigenvalue weighted by molar-refractivity contribution is 5.80. The van der Waals surface area contributed by atoms with E-state index in [0.29, 0.717) is 25.1 Å². The van der Waals surface area contributed by atoms with E-state index < -0.39 is 11.4 Å². The van der Waals surface area contributed by atoms with Gasteiger partial charge in [-0.05, 0) is 56.9 Å². The molecule has 1 aliphatic rings. The summed E-state index contributed by atoms with van der Waals surface area (Å²) in [5.41, 5.74) is 1.43. The average Bonchev–Trinajstić information content (AvgIpc) is 2.48. The number of aliphatic carboxylic acids is 1. The van der Waals surface area contributed by atoms with E-state index in [-0.39, 0.29) is 19.1 Å². The molecule has 0 aliphatic carbocycles. The molecule has 1 amide bonds. The third kappa shape index (κ3) is 3.59. The summed E-state index contributed by atoms with van der Waals surface area (Å²) in [5.74, 6) is -0.347. The van der Waals surface area contributed by atoms with Crippen molar-refractivity contribution in [2.45, 2.75) is 33.6 Å². The smallest absolute Gasteiger partial charge is 0.311 e. The highest BCUT2D eigenvalue weighted by Gasteiger charge is 2.39. The third-order valence-electron chi connectivity index (χ3n) is 4.41. The van der Waals surface area contributed by atoms with Gasteiger partial charge in [0.1, 0.15) is 5.75 Å². The maximum absolute atomic E-state index is 12.2. The van der Waals surface area contributed by atoms with E-state index >= 15 is 0 Å². The molecule has 120 valence electrons. The monoisotopic (exact) mass is 305 g/mol. The number of ether oxygens (including phenoxy) is 1.